The molecule has 2 aromatic heterocycles. The largest absolute Gasteiger partial charge is 0.480 e. The quantitative estimate of drug-likeness (QED) is 0.707. The number of fused-ring (bicyclic) bond motifs is 1. The molecule has 1 atom stereocenters. The Morgan fingerprint density at radius 3 is 2.56 bits per heavy atom. The number of carbonyl (C=O) groups excluding carboxylic acids is 1. The second-order valence-electron chi connectivity index (χ2n) is 5.09. The molecule has 1 unspecified atom stereocenters. The van der Waals surface area contributed by atoms with E-state index in [1.165, 1.54) is 32.7 Å². The summed E-state index contributed by atoms with van der Waals surface area (Å²) in [5, 5.41) is 12.2. The Kier molecular flexibility index (Phi) is 6.23. The van der Waals surface area contributed by atoms with Crippen LogP contribution in [0.15, 0.2) is 0 Å². The number of aryl methyl sites for hydroxylation is 1. The van der Waals surface area contributed by atoms with Crippen molar-refractivity contribution in [2.75, 3.05) is 27.9 Å². The van der Waals surface area contributed by atoms with Crippen LogP contribution in [-0.2, 0) is 20.9 Å². The van der Waals surface area contributed by atoms with Crippen LogP contribution in [0.2, 0.25) is 0 Å². The smallest absolute Gasteiger partial charge is 0.334 e. The van der Waals surface area contributed by atoms with E-state index >= 15 is 0 Å². The minimum atomic E-state index is -1.15. The first-order chi connectivity index (χ1) is 11.9. The first-order valence-electron chi connectivity index (χ1n) is 7.29. The molecule has 2 aromatic rings. The summed E-state index contributed by atoms with van der Waals surface area (Å²) in [6.45, 7) is 1.84. The molecule has 0 aromatic carbocycles. The minimum Gasteiger partial charge on any atom is -0.480 e. The van der Waals surface area contributed by atoms with Gasteiger partial charge in [0.25, 0.3) is 5.91 Å². The lowest BCUT2D eigenvalue weighted by molar-refractivity contribution is -0.148. The highest BCUT2D eigenvalue weighted by atomic mass is 32.1. The van der Waals surface area contributed by atoms with Gasteiger partial charge in [0.05, 0.1) is 23.9 Å². The average molecular weight is 369 g/mol. The molecule has 0 aliphatic heterocycles. The van der Waals surface area contributed by atoms with Crippen LogP contribution in [-0.4, -0.2) is 60.9 Å². The van der Waals surface area contributed by atoms with E-state index in [9.17, 15) is 9.59 Å². The summed E-state index contributed by atoms with van der Waals surface area (Å²) < 4.78 is 15.1. The Bertz CT molecular complexity index is 791. The molecule has 0 fully saturated rings. The van der Waals surface area contributed by atoms with Crippen LogP contribution in [0.4, 0.5) is 0 Å². The van der Waals surface area contributed by atoms with Crippen molar-refractivity contribution in [1.29, 1.82) is 0 Å². The predicted octanol–water partition coefficient (Wildman–Crippen LogP) is 0.984. The van der Waals surface area contributed by atoms with Crippen LogP contribution in [0.3, 0.4) is 0 Å². The van der Waals surface area contributed by atoms with Gasteiger partial charge >= 0.3 is 5.97 Å². The molecule has 0 aliphatic carbocycles. The van der Waals surface area contributed by atoms with E-state index in [0.717, 1.165) is 0 Å². The number of carboxylic acid groups (broad SMARTS) is 1. The van der Waals surface area contributed by atoms with Gasteiger partial charge in [0, 0.05) is 14.2 Å². The molecule has 2 rings (SSSR count). The Labute approximate surface area is 147 Å². The second-order valence-corrected chi connectivity index (χ2v) is 6.09. The third-order valence-corrected chi connectivity index (χ3v) is 4.67. The fraction of sp³-hybridized carbons (Fsp3) is 0.467. The number of methoxy groups -OCH3 is 3. The Balaban J connectivity index is 2.33. The van der Waals surface area contributed by atoms with E-state index in [1.54, 1.807) is 6.92 Å². The molecule has 25 heavy (non-hydrogen) atoms. The van der Waals surface area contributed by atoms with Crippen LogP contribution >= 0.6 is 11.3 Å². The summed E-state index contributed by atoms with van der Waals surface area (Å²) in [6.07, 6.45) is -1.11. The summed E-state index contributed by atoms with van der Waals surface area (Å²) in [5.41, 5.74) is 0.669. The van der Waals surface area contributed by atoms with Crippen molar-refractivity contribution in [3.8, 4) is 5.88 Å². The third-order valence-electron chi connectivity index (χ3n) is 3.48. The molecule has 0 saturated heterocycles. The monoisotopic (exact) mass is 369 g/mol. The first kappa shape index (κ1) is 19.0. The van der Waals surface area contributed by atoms with Crippen LogP contribution in [0, 0.1) is 6.92 Å². The number of thiophene rings is 1. The zero-order chi connectivity index (χ0) is 18.6. The van der Waals surface area contributed by atoms with Gasteiger partial charge in [-0.1, -0.05) is 0 Å². The van der Waals surface area contributed by atoms with E-state index in [1.807, 2.05) is 0 Å². The van der Waals surface area contributed by atoms with Crippen molar-refractivity contribution in [2.45, 2.75) is 19.6 Å². The number of aliphatic carboxylic acids is 1. The SMILES string of the molecule is COCc1nc(OC)c2c(C)c(C(=O)NCC(OC)C(=O)O)sc2n1. The van der Waals surface area contributed by atoms with Gasteiger partial charge in [-0.15, -0.1) is 11.3 Å². The molecule has 10 heteroatoms. The molecule has 136 valence electrons. The predicted molar refractivity (Wildman–Crippen MR) is 90.2 cm³/mol. The van der Waals surface area contributed by atoms with Crippen molar-refractivity contribution in [3.63, 3.8) is 0 Å². The van der Waals surface area contributed by atoms with Crippen LogP contribution in [0.1, 0.15) is 21.1 Å². The summed E-state index contributed by atoms with van der Waals surface area (Å²) >= 11 is 1.18. The van der Waals surface area contributed by atoms with Crippen LogP contribution in [0.5, 0.6) is 5.88 Å². The summed E-state index contributed by atoms with van der Waals surface area (Å²) in [4.78, 5) is 33.0. The standard InChI is InChI=1S/C15H19N3O6S/c1-7-10-13(24-4)17-9(6-22-2)18-14(10)25-11(7)12(19)16-5-8(23-3)15(20)21/h8H,5-6H2,1-4H3,(H,16,19)(H,20,21). The summed E-state index contributed by atoms with van der Waals surface area (Å²) in [5.74, 6) is -0.734. The van der Waals surface area contributed by atoms with Crippen LogP contribution < -0.4 is 10.1 Å². The third kappa shape index (κ3) is 4.03. The number of carbonyl (C=O) groups is 2. The Hall–Kier alpha value is -2.30. The van der Waals surface area contributed by atoms with Gasteiger partial charge in [0.15, 0.2) is 11.9 Å². The number of hydrogen-bond donors (Lipinski definition) is 2. The summed E-state index contributed by atoms with van der Waals surface area (Å²) in [7, 11) is 4.30. The van der Waals surface area contributed by atoms with E-state index in [0.29, 0.717) is 32.4 Å². The first-order valence-corrected chi connectivity index (χ1v) is 8.11. The zero-order valence-corrected chi connectivity index (χ0v) is 15.1. The van der Waals surface area contributed by atoms with Crippen molar-refractivity contribution in [1.82, 2.24) is 15.3 Å². The number of rotatable bonds is 8. The van der Waals surface area contributed by atoms with Gasteiger partial charge in [-0.05, 0) is 12.5 Å². The zero-order valence-electron chi connectivity index (χ0n) is 14.3. The average Bonchev–Trinajstić information content (AvgIpc) is 2.91. The molecule has 1 amide bonds. The van der Waals surface area contributed by atoms with Gasteiger partial charge < -0.3 is 24.6 Å². The van der Waals surface area contributed by atoms with Gasteiger partial charge in [0.2, 0.25) is 5.88 Å². The number of carboxylic acids is 1. The van der Waals surface area contributed by atoms with Crippen LogP contribution in [0.25, 0.3) is 10.2 Å². The maximum Gasteiger partial charge on any atom is 0.334 e. The highest BCUT2D eigenvalue weighted by Gasteiger charge is 2.23. The van der Waals surface area contributed by atoms with Gasteiger partial charge in [0.1, 0.15) is 11.4 Å². The fourth-order valence-electron chi connectivity index (χ4n) is 2.24. The van der Waals surface area contributed by atoms with E-state index in [-0.39, 0.29) is 13.2 Å². The van der Waals surface area contributed by atoms with E-state index in [4.69, 9.17) is 19.3 Å². The molecule has 9 nitrogen and oxygen atoms in total. The van der Waals surface area contributed by atoms with Gasteiger partial charge in [-0.2, -0.15) is 4.98 Å². The maximum absolute atomic E-state index is 12.4. The van der Waals surface area contributed by atoms with E-state index in [2.05, 4.69) is 15.3 Å². The lowest BCUT2D eigenvalue weighted by atomic mass is 10.2. The number of nitrogens with one attached hydrogen (secondary N) is 1. The van der Waals surface area contributed by atoms with Crippen molar-refractivity contribution < 1.29 is 28.9 Å². The molecule has 2 heterocycles. The number of aromatic nitrogens is 2. The number of hydrogen-bond acceptors (Lipinski definition) is 8. The molecular formula is C15H19N3O6S. The summed E-state index contributed by atoms with van der Waals surface area (Å²) in [6, 6.07) is 0. The van der Waals surface area contributed by atoms with Crippen molar-refractivity contribution in [3.05, 3.63) is 16.3 Å². The van der Waals surface area contributed by atoms with Crippen molar-refractivity contribution >= 4 is 33.4 Å². The maximum atomic E-state index is 12.4. The molecule has 2 N–H and O–H groups in total. The highest BCUT2D eigenvalue weighted by molar-refractivity contribution is 7.20. The van der Waals surface area contributed by atoms with Crippen molar-refractivity contribution in [2.24, 2.45) is 0 Å². The topological polar surface area (TPSA) is 120 Å². The van der Waals surface area contributed by atoms with E-state index < -0.39 is 18.0 Å². The number of ether oxygens (including phenoxy) is 3. The Morgan fingerprint density at radius 1 is 1.28 bits per heavy atom. The molecule has 0 aliphatic rings. The van der Waals surface area contributed by atoms with Gasteiger partial charge in [-0.25, -0.2) is 9.78 Å². The van der Waals surface area contributed by atoms with Gasteiger partial charge in [-0.3, -0.25) is 4.79 Å². The Morgan fingerprint density at radius 2 is 2.00 bits per heavy atom. The molecule has 0 spiro atoms. The minimum absolute atomic E-state index is 0.143. The highest BCUT2D eigenvalue weighted by Crippen LogP contribution is 2.34. The molecule has 0 radical (unpaired) electrons. The lowest BCUT2D eigenvalue weighted by Gasteiger charge is -2.11. The molecule has 0 saturated carbocycles. The number of nitrogens with zero attached hydrogens (tertiary/aromatic N) is 2. The lowest BCUT2D eigenvalue weighted by Crippen LogP contribution is -2.37. The fourth-order valence-corrected chi connectivity index (χ4v) is 3.35. The molecular weight excluding hydrogens is 350 g/mol. The number of amides is 1. The molecule has 0 bridgehead atoms. The second kappa shape index (κ2) is 8.19. The normalized spacial score (nSPS) is 12.2.